The number of nitrogens with zero attached hydrogens (tertiary/aromatic N) is 7. The van der Waals surface area contributed by atoms with Crippen LogP contribution in [0.4, 0.5) is 0 Å². The summed E-state index contributed by atoms with van der Waals surface area (Å²) in [6, 6.07) is 52.5. The highest BCUT2D eigenvalue weighted by Gasteiger charge is 2.27. The SMILES string of the molecule is CC.CC.CC.CC.CC.CC.CC.CC.CC.Cc1ccc2c3ccccc3n(-c3cccc(C)[n+]3C)c2c1C.Cc1ccc2c3ccccc3n(-c3n(C)c(C)c[n+]3C)c2c1C.Cc1cccc(-n2c3ccccc3c3ccc(C)[n+](C)c32)c1C. The van der Waals surface area contributed by atoms with E-state index >= 15 is 0 Å². The van der Waals surface area contributed by atoms with Crippen molar-refractivity contribution in [3.63, 3.8) is 0 Å². The zero-order chi connectivity index (χ0) is 66.6. The maximum Gasteiger partial charge on any atom is 0.369 e. The number of aryl methyl sites for hydroxylation is 10. The molecule has 0 saturated heterocycles. The van der Waals surface area contributed by atoms with Crippen molar-refractivity contribution in [1.29, 1.82) is 0 Å². The Bertz CT molecular complexity index is 3830. The van der Waals surface area contributed by atoms with Gasteiger partial charge in [-0.3, -0.25) is 0 Å². The van der Waals surface area contributed by atoms with E-state index in [9.17, 15) is 0 Å². The van der Waals surface area contributed by atoms with Gasteiger partial charge >= 0.3 is 5.95 Å². The van der Waals surface area contributed by atoms with Gasteiger partial charge in [-0.2, -0.15) is 13.7 Å². The van der Waals surface area contributed by atoms with Crippen LogP contribution in [-0.2, 0) is 28.2 Å². The molecule has 6 aromatic carbocycles. The molecule has 7 heteroatoms. The van der Waals surface area contributed by atoms with Crippen molar-refractivity contribution in [2.24, 2.45) is 28.2 Å². The molecule has 0 unspecified atom stereocenters. The third-order valence-corrected chi connectivity index (χ3v) is 15.2. The third-order valence-electron chi connectivity index (χ3n) is 15.2. The molecule has 87 heavy (non-hydrogen) atoms. The second-order valence-corrected chi connectivity index (χ2v) is 19.2. The number of benzene rings is 6. The summed E-state index contributed by atoms with van der Waals surface area (Å²) < 4.78 is 16.2. The van der Waals surface area contributed by atoms with Gasteiger partial charge in [-0.1, -0.05) is 203 Å². The molecule has 0 bridgehead atoms. The van der Waals surface area contributed by atoms with Gasteiger partial charge in [0.05, 0.1) is 39.8 Å². The maximum absolute atomic E-state index is 2.40. The largest absolute Gasteiger partial charge is 0.369 e. The summed E-state index contributed by atoms with van der Waals surface area (Å²) in [6.07, 6.45) is 2.18. The van der Waals surface area contributed by atoms with Crippen LogP contribution in [0, 0.1) is 62.3 Å². The minimum Gasteiger partial charge on any atom is -0.237 e. The van der Waals surface area contributed by atoms with Crippen molar-refractivity contribution in [1.82, 2.24) is 18.3 Å². The molecule has 0 aliphatic carbocycles. The van der Waals surface area contributed by atoms with Gasteiger partial charge in [0.1, 0.15) is 50.4 Å². The van der Waals surface area contributed by atoms with Crippen LogP contribution in [0.5, 0.6) is 0 Å². The number of para-hydroxylation sites is 3. The van der Waals surface area contributed by atoms with Gasteiger partial charge in [0.15, 0.2) is 0 Å². The molecule has 7 nitrogen and oxygen atoms in total. The molecule has 0 N–H and O–H groups in total. The van der Waals surface area contributed by atoms with Gasteiger partial charge in [0.25, 0.3) is 11.5 Å². The van der Waals surface area contributed by atoms with Crippen LogP contribution in [0.25, 0.3) is 83.0 Å². The lowest BCUT2D eigenvalue weighted by Crippen LogP contribution is -2.37. The highest BCUT2D eigenvalue weighted by molar-refractivity contribution is 6.11. The molecule has 0 atom stereocenters. The molecule has 0 aliphatic heterocycles. The van der Waals surface area contributed by atoms with Gasteiger partial charge in [-0.25, -0.2) is 18.3 Å². The van der Waals surface area contributed by atoms with E-state index in [0.29, 0.717) is 0 Å². The average molecular weight is 1180 g/mol. The lowest BCUT2D eigenvalue weighted by molar-refractivity contribution is -0.671. The van der Waals surface area contributed by atoms with Crippen molar-refractivity contribution in [2.75, 3.05) is 0 Å². The molecule has 470 valence electrons. The van der Waals surface area contributed by atoms with E-state index in [2.05, 4.69) is 274 Å². The summed E-state index contributed by atoms with van der Waals surface area (Å²) in [4.78, 5) is 0. The number of pyridine rings is 2. The summed E-state index contributed by atoms with van der Waals surface area (Å²) in [5.74, 6) is 2.38. The fraction of sp³-hybridized carbons (Fsp3) is 0.388. The predicted molar refractivity (Wildman–Crippen MR) is 390 cm³/mol. The number of hydrogen-bond donors (Lipinski definition) is 0. The molecule has 0 saturated carbocycles. The van der Waals surface area contributed by atoms with Gasteiger partial charge in [-0.15, -0.1) is 0 Å². The fourth-order valence-electron chi connectivity index (χ4n) is 10.6. The monoisotopic (exact) mass is 1180 g/mol. The molecule has 12 rings (SSSR count). The number of rotatable bonds is 3. The van der Waals surface area contributed by atoms with Crippen LogP contribution in [0.1, 0.15) is 175 Å². The standard InChI is InChI=1S/2C21H21N2.C20H22N3.9C2H6/c1-14-12-13-18-17-9-5-6-10-19(17)23(21(18)16(14)3)20-11-7-8-15(2)22(20)4;1-14-8-7-11-19(16(14)3)23-20-10-6-5-9-17(20)18-13-12-15(2)22(4)21(18)23;1-13-10-11-17-16-8-6-7-9-18(16)23(19(17)15(13)3)20-21(4)12-14(2)22(20)5;9*1-2/h2*5-13H,1-4H3;6-12H,1-5H3;9*1-2H3/q3*+1;;;;;;;;;. The maximum atomic E-state index is 2.40. The lowest BCUT2D eigenvalue weighted by Gasteiger charge is -2.08. The van der Waals surface area contributed by atoms with E-state index in [1.807, 2.05) is 125 Å². The zero-order valence-electron chi connectivity index (χ0n) is 60.6. The Morgan fingerprint density at radius 2 is 0.690 bits per heavy atom. The predicted octanol–water partition coefficient (Wildman–Crippen LogP) is 22.2. The molecule has 0 spiro atoms. The quantitative estimate of drug-likeness (QED) is 0.158. The van der Waals surface area contributed by atoms with Crippen LogP contribution in [-0.4, -0.2) is 18.3 Å². The van der Waals surface area contributed by atoms with E-state index in [1.54, 1.807) is 0 Å². The molecule has 0 radical (unpaired) electrons. The summed E-state index contributed by atoms with van der Waals surface area (Å²) in [5, 5.41) is 7.87. The lowest BCUT2D eigenvalue weighted by atomic mass is 10.1. The molecule has 6 heterocycles. The van der Waals surface area contributed by atoms with Crippen LogP contribution >= 0.6 is 0 Å². The van der Waals surface area contributed by atoms with E-state index in [1.165, 1.54) is 133 Å². The fourth-order valence-corrected chi connectivity index (χ4v) is 10.6. The first kappa shape index (κ1) is 77.2. The van der Waals surface area contributed by atoms with E-state index in [-0.39, 0.29) is 0 Å². The molecule has 0 fully saturated rings. The molecule has 0 amide bonds. The normalized spacial score (nSPS) is 9.78. The molecular weight excluding hydrogens is 1060 g/mol. The highest BCUT2D eigenvalue weighted by atomic mass is 15.3. The Kier molecular flexibility index (Phi) is 34.1. The van der Waals surface area contributed by atoms with Crippen molar-refractivity contribution in [3.8, 4) is 17.5 Å². The summed E-state index contributed by atoms with van der Waals surface area (Å²) in [5.41, 5.74) is 20.7. The summed E-state index contributed by atoms with van der Waals surface area (Å²) in [7, 11) is 8.54. The number of fused-ring (bicyclic) bond motifs is 9. The first-order valence-corrected chi connectivity index (χ1v) is 33.1. The Hall–Kier alpha value is -7.77. The van der Waals surface area contributed by atoms with Crippen molar-refractivity contribution in [2.45, 2.75) is 187 Å². The number of aromatic nitrogens is 7. The van der Waals surface area contributed by atoms with Crippen LogP contribution < -0.4 is 13.7 Å². The van der Waals surface area contributed by atoms with Gasteiger partial charge in [0, 0.05) is 33.0 Å². The minimum absolute atomic E-state index is 1.18. The highest BCUT2D eigenvalue weighted by Crippen LogP contribution is 2.36. The smallest absolute Gasteiger partial charge is 0.237 e. The summed E-state index contributed by atoms with van der Waals surface area (Å²) in [6.45, 7) is 55.7. The van der Waals surface area contributed by atoms with Crippen molar-refractivity contribution < 1.29 is 13.7 Å². The minimum atomic E-state index is 1.18. The zero-order valence-corrected chi connectivity index (χ0v) is 60.6. The Morgan fingerprint density at radius 1 is 0.310 bits per heavy atom. The second-order valence-electron chi connectivity index (χ2n) is 19.2. The van der Waals surface area contributed by atoms with Gasteiger partial charge in [-0.05, 0) is 156 Å². The Balaban J connectivity index is 0.000000576. The molecule has 12 aromatic rings. The summed E-state index contributed by atoms with van der Waals surface area (Å²) >= 11 is 0. The Labute approximate surface area is 529 Å². The first-order valence-electron chi connectivity index (χ1n) is 33.1. The van der Waals surface area contributed by atoms with Crippen molar-refractivity contribution in [3.05, 3.63) is 202 Å². The first-order chi connectivity index (χ1) is 42.2. The molecule has 0 aliphatic rings. The van der Waals surface area contributed by atoms with Crippen LogP contribution in [0.15, 0.2) is 152 Å². The Morgan fingerprint density at radius 3 is 1.15 bits per heavy atom. The molecular formula is C80H118N7+3. The van der Waals surface area contributed by atoms with E-state index in [0.717, 1.165) is 0 Å². The number of imidazole rings is 1. The second kappa shape index (κ2) is 38.4. The number of hydrogen-bond acceptors (Lipinski definition) is 0. The van der Waals surface area contributed by atoms with E-state index in [4.69, 9.17) is 0 Å². The van der Waals surface area contributed by atoms with E-state index < -0.39 is 0 Å². The third kappa shape index (κ3) is 16.1. The average Bonchev–Trinajstić information content (AvgIpc) is 2.13. The van der Waals surface area contributed by atoms with Crippen LogP contribution in [0.3, 0.4) is 0 Å². The van der Waals surface area contributed by atoms with Crippen molar-refractivity contribution >= 4 is 65.5 Å². The van der Waals surface area contributed by atoms with Gasteiger partial charge < -0.3 is 0 Å². The van der Waals surface area contributed by atoms with Gasteiger partial charge in [0.2, 0.25) is 0 Å². The molecule has 6 aromatic heterocycles. The topological polar surface area (TPSA) is 31.4 Å². The van der Waals surface area contributed by atoms with Crippen LogP contribution in [0.2, 0.25) is 0 Å².